The summed E-state index contributed by atoms with van der Waals surface area (Å²) in [6.07, 6.45) is 1.25. The third-order valence-electron chi connectivity index (χ3n) is 7.06. The number of nitrogens with zero attached hydrogens (tertiary/aromatic N) is 3. The van der Waals surface area contributed by atoms with Crippen LogP contribution in [0.25, 0.3) is 0 Å². The molecule has 1 aliphatic heterocycles. The van der Waals surface area contributed by atoms with Crippen molar-refractivity contribution in [1.82, 2.24) is 14.7 Å². The largest absolute Gasteiger partial charge is 0.463 e. The second kappa shape index (κ2) is 13.4. The number of ether oxygens (including phenoxy) is 2. The Morgan fingerprint density at radius 2 is 1.70 bits per heavy atom. The monoisotopic (exact) mass is 469 g/mol. The van der Waals surface area contributed by atoms with Gasteiger partial charge in [-0.15, -0.1) is 0 Å². The average Bonchev–Trinajstić information content (AvgIpc) is 2.72. The number of hydrogen-bond acceptors (Lipinski definition) is 7. The summed E-state index contributed by atoms with van der Waals surface area (Å²) in [5.74, 6) is 0.183. The molecule has 8 heteroatoms. The summed E-state index contributed by atoms with van der Waals surface area (Å²) in [6, 6.07) is 0.314. The molecule has 0 aromatic carbocycles. The molecule has 1 aliphatic rings. The topological polar surface area (TPSA) is 79.4 Å². The molecule has 2 unspecified atom stereocenters. The molecular weight excluding hydrogens is 422 g/mol. The predicted molar refractivity (Wildman–Crippen MR) is 130 cm³/mol. The Balaban J connectivity index is 2.77. The number of Topliss-reactive ketones (excluding diaryl/α,β-unsaturated/α-hetero) is 1. The lowest BCUT2D eigenvalue weighted by Crippen LogP contribution is -2.61. The standard InChI is InChI=1S/C25H47N3O5/c1-10-19(4)13-27(8)21(17-33-24(31)25(5,6)22(29)11-12-32-9)20-14-28(15-20)23(30)16-26(7)18(2)3/h18-21H,10-17H2,1-9H3. The fourth-order valence-corrected chi connectivity index (χ4v) is 3.80. The van der Waals surface area contributed by atoms with E-state index in [1.807, 2.05) is 16.8 Å². The van der Waals surface area contributed by atoms with Gasteiger partial charge in [-0.05, 0) is 47.7 Å². The van der Waals surface area contributed by atoms with Crippen LogP contribution < -0.4 is 0 Å². The van der Waals surface area contributed by atoms with Crippen molar-refractivity contribution in [2.45, 2.75) is 66.5 Å². The number of amides is 1. The Hall–Kier alpha value is -1.51. The SMILES string of the molecule is CCC(C)CN(C)C(COC(=O)C(C)(C)C(=O)CCOC)C1CN(C(=O)CN(C)C(C)C)C1. The highest BCUT2D eigenvalue weighted by atomic mass is 16.5. The molecule has 0 spiro atoms. The second-order valence-corrected chi connectivity index (χ2v) is 10.5. The molecule has 33 heavy (non-hydrogen) atoms. The van der Waals surface area contributed by atoms with Gasteiger partial charge >= 0.3 is 5.97 Å². The molecule has 8 nitrogen and oxygen atoms in total. The van der Waals surface area contributed by atoms with Crippen LogP contribution in [0.1, 0.15) is 54.4 Å². The zero-order valence-corrected chi connectivity index (χ0v) is 22.3. The molecule has 1 saturated heterocycles. The van der Waals surface area contributed by atoms with Gasteiger partial charge in [-0.2, -0.15) is 0 Å². The van der Waals surface area contributed by atoms with Crippen molar-refractivity contribution in [3.63, 3.8) is 0 Å². The predicted octanol–water partition coefficient (Wildman–Crippen LogP) is 2.31. The fourth-order valence-electron chi connectivity index (χ4n) is 3.80. The summed E-state index contributed by atoms with van der Waals surface area (Å²) in [4.78, 5) is 44.0. The smallest absolute Gasteiger partial charge is 0.319 e. The number of likely N-dealkylation sites (tertiary alicyclic amines) is 1. The Labute approximate surface area is 200 Å². The number of carbonyl (C=O) groups is 3. The third-order valence-corrected chi connectivity index (χ3v) is 7.06. The molecule has 1 amide bonds. The van der Waals surface area contributed by atoms with Gasteiger partial charge in [0.2, 0.25) is 5.91 Å². The maximum Gasteiger partial charge on any atom is 0.319 e. The number of rotatable bonds is 15. The van der Waals surface area contributed by atoms with Gasteiger partial charge < -0.3 is 14.4 Å². The summed E-state index contributed by atoms with van der Waals surface area (Å²) >= 11 is 0. The lowest BCUT2D eigenvalue weighted by molar-refractivity contribution is -0.162. The Morgan fingerprint density at radius 3 is 2.21 bits per heavy atom. The molecule has 0 radical (unpaired) electrons. The molecule has 192 valence electrons. The maximum atomic E-state index is 12.8. The van der Waals surface area contributed by atoms with E-state index in [2.05, 4.69) is 39.6 Å². The van der Waals surface area contributed by atoms with Crippen molar-refractivity contribution in [1.29, 1.82) is 0 Å². The van der Waals surface area contributed by atoms with E-state index in [-0.39, 0.29) is 43.3 Å². The lowest BCUT2D eigenvalue weighted by atomic mass is 9.86. The van der Waals surface area contributed by atoms with E-state index >= 15 is 0 Å². The Morgan fingerprint density at radius 1 is 1.09 bits per heavy atom. The van der Waals surface area contributed by atoms with Crippen molar-refractivity contribution < 1.29 is 23.9 Å². The van der Waals surface area contributed by atoms with Crippen LogP contribution in [-0.4, -0.2) is 105 Å². The first-order chi connectivity index (χ1) is 15.3. The van der Waals surface area contributed by atoms with Crippen molar-refractivity contribution in [2.24, 2.45) is 17.3 Å². The summed E-state index contributed by atoms with van der Waals surface area (Å²) in [6.45, 7) is 14.8. The van der Waals surface area contributed by atoms with Crippen LogP contribution in [0.15, 0.2) is 0 Å². The van der Waals surface area contributed by atoms with Crippen LogP contribution in [0.4, 0.5) is 0 Å². The molecular formula is C25H47N3O5. The van der Waals surface area contributed by atoms with Gasteiger partial charge in [-0.3, -0.25) is 24.2 Å². The molecule has 2 atom stereocenters. The average molecular weight is 470 g/mol. The molecule has 0 N–H and O–H groups in total. The molecule has 0 aromatic heterocycles. The van der Waals surface area contributed by atoms with E-state index in [9.17, 15) is 14.4 Å². The first-order valence-corrected chi connectivity index (χ1v) is 12.2. The normalized spacial score (nSPS) is 16.8. The number of hydrogen-bond donors (Lipinski definition) is 0. The summed E-state index contributed by atoms with van der Waals surface area (Å²) in [5, 5.41) is 0. The summed E-state index contributed by atoms with van der Waals surface area (Å²) in [7, 11) is 5.54. The van der Waals surface area contributed by atoms with Crippen molar-refractivity contribution in [3.05, 3.63) is 0 Å². The summed E-state index contributed by atoms with van der Waals surface area (Å²) in [5.41, 5.74) is -1.21. The highest BCUT2D eigenvalue weighted by Gasteiger charge is 2.41. The first kappa shape index (κ1) is 29.5. The van der Waals surface area contributed by atoms with E-state index in [1.54, 1.807) is 13.8 Å². The lowest BCUT2D eigenvalue weighted by Gasteiger charge is -2.47. The van der Waals surface area contributed by atoms with Crippen LogP contribution in [0.3, 0.4) is 0 Å². The van der Waals surface area contributed by atoms with Crippen LogP contribution in [0.5, 0.6) is 0 Å². The minimum atomic E-state index is -1.21. The van der Waals surface area contributed by atoms with Crippen molar-refractivity contribution >= 4 is 17.7 Å². The van der Waals surface area contributed by atoms with E-state index in [0.717, 1.165) is 13.0 Å². The first-order valence-electron chi connectivity index (χ1n) is 12.2. The van der Waals surface area contributed by atoms with E-state index in [4.69, 9.17) is 9.47 Å². The van der Waals surface area contributed by atoms with Crippen LogP contribution in [-0.2, 0) is 23.9 Å². The summed E-state index contributed by atoms with van der Waals surface area (Å²) < 4.78 is 10.7. The van der Waals surface area contributed by atoms with E-state index in [1.165, 1.54) is 7.11 Å². The number of methoxy groups -OCH3 is 1. The number of likely N-dealkylation sites (N-methyl/N-ethyl adjacent to an activating group) is 2. The van der Waals surface area contributed by atoms with Crippen molar-refractivity contribution in [2.75, 3.05) is 60.6 Å². The molecule has 1 fully saturated rings. The zero-order valence-electron chi connectivity index (χ0n) is 22.3. The van der Waals surface area contributed by atoms with Gasteiger partial charge in [0.25, 0.3) is 0 Å². The zero-order chi connectivity index (χ0) is 25.3. The number of carbonyl (C=O) groups excluding carboxylic acids is 3. The van der Waals surface area contributed by atoms with Gasteiger partial charge in [0.1, 0.15) is 12.0 Å². The highest BCUT2D eigenvalue weighted by molar-refractivity contribution is 6.02. The highest BCUT2D eigenvalue weighted by Crippen LogP contribution is 2.26. The number of esters is 1. The molecule has 0 aromatic rings. The van der Waals surface area contributed by atoms with E-state index in [0.29, 0.717) is 31.6 Å². The number of ketones is 1. The van der Waals surface area contributed by atoms with Gasteiger partial charge in [-0.25, -0.2) is 0 Å². The molecule has 0 aliphatic carbocycles. The Bertz CT molecular complexity index is 646. The van der Waals surface area contributed by atoms with Gasteiger partial charge in [0.15, 0.2) is 5.78 Å². The molecule has 1 heterocycles. The third kappa shape index (κ3) is 8.65. The van der Waals surface area contributed by atoms with Crippen LogP contribution >= 0.6 is 0 Å². The van der Waals surface area contributed by atoms with Gasteiger partial charge in [-0.1, -0.05) is 20.3 Å². The van der Waals surface area contributed by atoms with Crippen molar-refractivity contribution in [3.8, 4) is 0 Å². The molecule has 1 rings (SSSR count). The molecule has 0 saturated carbocycles. The van der Waals surface area contributed by atoms with Gasteiger partial charge in [0, 0.05) is 51.2 Å². The van der Waals surface area contributed by atoms with Gasteiger partial charge in [0.05, 0.1) is 13.2 Å². The minimum Gasteiger partial charge on any atom is -0.463 e. The second-order valence-electron chi connectivity index (χ2n) is 10.5. The fraction of sp³-hybridized carbons (Fsp3) is 0.880. The van der Waals surface area contributed by atoms with Crippen LogP contribution in [0, 0.1) is 17.3 Å². The van der Waals surface area contributed by atoms with Crippen LogP contribution in [0.2, 0.25) is 0 Å². The minimum absolute atomic E-state index is 0.000273. The Kier molecular flexibility index (Phi) is 12.0. The van der Waals surface area contributed by atoms with E-state index < -0.39 is 11.4 Å². The maximum absolute atomic E-state index is 12.8. The quantitative estimate of drug-likeness (QED) is 0.269. The molecule has 0 bridgehead atoms.